The van der Waals surface area contributed by atoms with E-state index in [-0.39, 0.29) is 11.7 Å². The van der Waals surface area contributed by atoms with Crippen LogP contribution in [0.3, 0.4) is 0 Å². The van der Waals surface area contributed by atoms with Gasteiger partial charge in [0.15, 0.2) is 10.9 Å². The van der Waals surface area contributed by atoms with Gasteiger partial charge >= 0.3 is 0 Å². The Labute approximate surface area is 161 Å². The maximum atomic E-state index is 12.3. The van der Waals surface area contributed by atoms with Gasteiger partial charge < -0.3 is 0 Å². The normalized spacial score (nSPS) is 11.1. The van der Waals surface area contributed by atoms with Gasteiger partial charge in [-0.15, -0.1) is 0 Å². The fourth-order valence-electron chi connectivity index (χ4n) is 2.74. The van der Waals surface area contributed by atoms with Crippen LogP contribution in [0.1, 0.15) is 33.5 Å². The lowest BCUT2D eigenvalue weighted by Crippen LogP contribution is -2.07. The maximum Gasteiger partial charge on any atom is 0.250 e. The van der Waals surface area contributed by atoms with E-state index < -0.39 is 0 Å². The first-order valence-electron chi connectivity index (χ1n) is 8.43. The SMILES string of the molecule is CC(=O)c1sc(NC(=O)/C=C/c2c(C)nn(C)c2C)nc1-c1ccccc1. The summed E-state index contributed by atoms with van der Waals surface area (Å²) in [5.74, 6) is -0.384. The zero-order valence-electron chi connectivity index (χ0n) is 15.6. The maximum absolute atomic E-state index is 12.3. The second-order valence-corrected chi connectivity index (χ2v) is 7.15. The minimum atomic E-state index is -0.305. The van der Waals surface area contributed by atoms with E-state index in [2.05, 4.69) is 15.4 Å². The standard InChI is InChI=1S/C20H20N4O2S/c1-12-16(13(2)24(4)23-12)10-11-17(26)21-20-22-18(19(27-20)14(3)25)15-8-6-5-7-9-15/h5-11H,1-4H3,(H,21,22,26)/b11-10+. The van der Waals surface area contributed by atoms with E-state index in [1.807, 2.05) is 51.2 Å². The number of rotatable bonds is 5. The van der Waals surface area contributed by atoms with Gasteiger partial charge in [0.05, 0.1) is 16.3 Å². The van der Waals surface area contributed by atoms with Gasteiger partial charge in [-0.25, -0.2) is 4.98 Å². The van der Waals surface area contributed by atoms with Crippen LogP contribution in [-0.4, -0.2) is 26.5 Å². The summed E-state index contributed by atoms with van der Waals surface area (Å²) in [5, 5.41) is 7.47. The van der Waals surface area contributed by atoms with Crippen LogP contribution in [0.15, 0.2) is 36.4 Å². The first-order valence-corrected chi connectivity index (χ1v) is 9.25. The zero-order chi connectivity index (χ0) is 19.6. The number of carbonyl (C=O) groups is 2. The number of Topliss-reactive ketones (excluding diaryl/α,β-unsaturated/α-hetero) is 1. The van der Waals surface area contributed by atoms with E-state index in [0.717, 1.165) is 22.5 Å². The third-order valence-corrected chi connectivity index (χ3v) is 5.26. The molecule has 0 radical (unpaired) electrons. The third-order valence-electron chi connectivity index (χ3n) is 4.19. The van der Waals surface area contributed by atoms with E-state index in [9.17, 15) is 9.59 Å². The van der Waals surface area contributed by atoms with Crippen molar-refractivity contribution in [2.45, 2.75) is 20.8 Å². The molecule has 3 aromatic rings. The Morgan fingerprint density at radius 3 is 2.48 bits per heavy atom. The Balaban J connectivity index is 1.82. The molecule has 0 unspecified atom stereocenters. The van der Waals surface area contributed by atoms with Crippen LogP contribution in [0.2, 0.25) is 0 Å². The highest BCUT2D eigenvalue weighted by Gasteiger charge is 2.17. The molecule has 2 heterocycles. The number of thiazole rings is 1. The highest BCUT2D eigenvalue weighted by atomic mass is 32.1. The highest BCUT2D eigenvalue weighted by molar-refractivity contribution is 7.18. The van der Waals surface area contributed by atoms with Gasteiger partial charge in [-0.2, -0.15) is 5.10 Å². The molecule has 2 aromatic heterocycles. The summed E-state index contributed by atoms with van der Waals surface area (Å²) in [4.78, 5) is 29.2. The van der Waals surface area contributed by atoms with E-state index in [0.29, 0.717) is 15.7 Å². The van der Waals surface area contributed by atoms with Crippen LogP contribution in [-0.2, 0) is 11.8 Å². The Bertz CT molecular complexity index is 1030. The minimum absolute atomic E-state index is 0.0796. The summed E-state index contributed by atoms with van der Waals surface area (Å²) in [6.07, 6.45) is 3.19. The molecule has 1 N–H and O–H groups in total. The van der Waals surface area contributed by atoms with Gasteiger partial charge in [0.25, 0.3) is 0 Å². The molecule has 0 saturated heterocycles. The molecule has 0 aliphatic heterocycles. The molecular weight excluding hydrogens is 360 g/mol. The lowest BCUT2D eigenvalue weighted by Gasteiger charge is -1.98. The smallest absolute Gasteiger partial charge is 0.250 e. The quantitative estimate of drug-likeness (QED) is 0.536. The summed E-state index contributed by atoms with van der Waals surface area (Å²) < 4.78 is 1.78. The zero-order valence-corrected chi connectivity index (χ0v) is 16.4. The van der Waals surface area contributed by atoms with Crippen molar-refractivity contribution in [1.82, 2.24) is 14.8 Å². The van der Waals surface area contributed by atoms with Crippen molar-refractivity contribution < 1.29 is 9.59 Å². The molecule has 0 atom stereocenters. The summed E-state index contributed by atoms with van der Waals surface area (Å²) in [7, 11) is 1.86. The predicted octanol–water partition coefficient (Wildman–Crippen LogP) is 4.01. The molecule has 0 bridgehead atoms. The topological polar surface area (TPSA) is 76.9 Å². The number of ketones is 1. The summed E-state index contributed by atoms with van der Waals surface area (Å²) in [5.41, 5.74) is 4.19. The lowest BCUT2D eigenvalue weighted by atomic mass is 10.1. The van der Waals surface area contributed by atoms with Gasteiger partial charge in [0.1, 0.15) is 0 Å². The van der Waals surface area contributed by atoms with Crippen LogP contribution in [0.4, 0.5) is 5.13 Å². The number of amides is 1. The summed E-state index contributed by atoms with van der Waals surface area (Å²) in [6.45, 7) is 5.35. The number of aromatic nitrogens is 3. The van der Waals surface area contributed by atoms with E-state index in [1.165, 1.54) is 24.3 Å². The van der Waals surface area contributed by atoms with E-state index >= 15 is 0 Å². The molecule has 138 valence electrons. The number of nitrogens with one attached hydrogen (secondary N) is 1. The molecule has 1 aromatic carbocycles. The van der Waals surface area contributed by atoms with Crippen LogP contribution in [0.5, 0.6) is 0 Å². The Hall–Kier alpha value is -3.06. The van der Waals surface area contributed by atoms with Crippen molar-refractivity contribution in [3.8, 4) is 11.3 Å². The van der Waals surface area contributed by atoms with Crippen LogP contribution >= 0.6 is 11.3 Å². The van der Waals surface area contributed by atoms with Gasteiger partial charge in [0.2, 0.25) is 5.91 Å². The average molecular weight is 380 g/mol. The molecule has 0 aliphatic rings. The molecule has 0 aliphatic carbocycles. The monoisotopic (exact) mass is 380 g/mol. The second kappa shape index (κ2) is 7.67. The number of anilines is 1. The van der Waals surface area contributed by atoms with Crippen molar-refractivity contribution in [3.63, 3.8) is 0 Å². The number of benzene rings is 1. The van der Waals surface area contributed by atoms with Crippen LogP contribution < -0.4 is 5.32 Å². The molecule has 0 fully saturated rings. The second-order valence-electron chi connectivity index (χ2n) is 6.15. The molecule has 1 amide bonds. The molecular formula is C20H20N4O2S. The van der Waals surface area contributed by atoms with E-state index in [1.54, 1.807) is 10.8 Å². The number of hydrogen-bond donors (Lipinski definition) is 1. The Morgan fingerprint density at radius 1 is 1.19 bits per heavy atom. The first-order chi connectivity index (χ1) is 12.9. The molecule has 6 nitrogen and oxygen atoms in total. The summed E-state index contributed by atoms with van der Waals surface area (Å²) >= 11 is 1.18. The van der Waals surface area contributed by atoms with Gasteiger partial charge in [-0.3, -0.25) is 19.6 Å². The highest BCUT2D eigenvalue weighted by Crippen LogP contribution is 2.31. The number of hydrogen-bond acceptors (Lipinski definition) is 5. The van der Waals surface area contributed by atoms with Crippen molar-refractivity contribution in [2.24, 2.45) is 7.05 Å². The number of nitrogens with zero attached hydrogens (tertiary/aromatic N) is 3. The largest absolute Gasteiger partial charge is 0.298 e. The van der Waals surface area contributed by atoms with Crippen molar-refractivity contribution in [2.75, 3.05) is 5.32 Å². The number of carbonyl (C=O) groups excluding carboxylic acids is 2. The fourth-order valence-corrected chi connectivity index (χ4v) is 3.63. The van der Waals surface area contributed by atoms with Crippen molar-refractivity contribution in [3.05, 3.63) is 58.2 Å². The molecule has 27 heavy (non-hydrogen) atoms. The molecule has 0 spiro atoms. The van der Waals surface area contributed by atoms with Gasteiger partial charge in [0, 0.05) is 36.9 Å². The third kappa shape index (κ3) is 4.03. The van der Waals surface area contributed by atoms with Gasteiger partial charge in [-0.05, 0) is 19.9 Å². The lowest BCUT2D eigenvalue weighted by molar-refractivity contribution is -0.111. The molecule has 7 heteroatoms. The predicted molar refractivity (Wildman–Crippen MR) is 108 cm³/mol. The van der Waals surface area contributed by atoms with E-state index in [4.69, 9.17) is 0 Å². The minimum Gasteiger partial charge on any atom is -0.298 e. The van der Waals surface area contributed by atoms with Gasteiger partial charge in [-0.1, -0.05) is 41.7 Å². The van der Waals surface area contributed by atoms with Crippen molar-refractivity contribution >= 4 is 34.2 Å². The molecule has 0 saturated carbocycles. The number of aryl methyl sites for hydroxylation is 2. The first kappa shape index (κ1) is 18.7. The van der Waals surface area contributed by atoms with Crippen LogP contribution in [0.25, 0.3) is 17.3 Å². The Kier molecular flexibility index (Phi) is 5.32. The Morgan fingerprint density at radius 2 is 1.89 bits per heavy atom. The average Bonchev–Trinajstić information content (AvgIpc) is 3.16. The van der Waals surface area contributed by atoms with Crippen molar-refractivity contribution in [1.29, 1.82) is 0 Å². The van der Waals surface area contributed by atoms with Crippen LogP contribution in [0, 0.1) is 13.8 Å². The molecule has 3 rings (SSSR count). The summed E-state index contributed by atoms with van der Waals surface area (Å²) in [6, 6.07) is 9.46. The fraction of sp³-hybridized carbons (Fsp3) is 0.200.